The van der Waals surface area contributed by atoms with Crippen LogP contribution in [-0.2, 0) is 20.8 Å². The van der Waals surface area contributed by atoms with E-state index >= 15 is 0 Å². The van der Waals surface area contributed by atoms with Gasteiger partial charge in [-0.15, -0.1) is 11.8 Å². The fraction of sp³-hybridized carbons (Fsp3) is 0.471. The summed E-state index contributed by atoms with van der Waals surface area (Å²) in [5.74, 6) is -1.55. The van der Waals surface area contributed by atoms with Crippen molar-refractivity contribution in [2.75, 3.05) is 0 Å². The Kier molecular flexibility index (Phi) is 4.07. The van der Waals surface area contributed by atoms with Gasteiger partial charge in [-0.2, -0.15) is 0 Å². The van der Waals surface area contributed by atoms with Crippen molar-refractivity contribution in [3.8, 4) is 0 Å². The monoisotopic (exact) mass is 348 g/mol. The van der Waals surface area contributed by atoms with Crippen molar-refractivity contribution in [2.24, 2.45) is 0 Å². The Morgan fingerprint density at radius 2 is 1.92 bits per heavy atom. The van der Waals surface area contributed by atoms with Gasteiger partial charge in [-0.25, -0.2) is 4.79 Å². The average molecular weight is 348 g/mol. The SMILES string of the molecule is Cc1ccc(CC(=O)N[C@@H]2C(=O)N3[C@@H]2SC(C)(C)[C@@H]3C(=O)O)cc1. The molecule has 2 N–H and O–H groups in total. The van der Waals surface area contributed by atoms with E-state index in [-0.39, 0.29) is 23.6 Å². The number of hydrogen-bond acceptors (Lipinski definition) is 4. The number of carbonyl (C=O) groups is 3. The van der Waals surface area contributed by atoms with Gasteiger partial charge in [0.05, 0.1) is 6.42 Å². The lowest BCUT2D eigenvalue weighted by atomic mass is 9.96. The van der Waals surface area contributed by atoms with E-state index < -0.39 is 22.8 Å². The Hall–Kier alpha value is -2.02. The summed E-state index contributed by atoms with van der Waals surface area (Å²) in [4.78, 5) is 37.4. The minimum Gasteiger partial charge on any atom is -0.480 e. The standard InChI is InChI=1S/C17H20N2O4S/c1-9-4-6-10(7-5-9)8-11(20)18-12-14(21)19-13(16(22)23)17(2,3)24-15(12)19/h4-7,12-13,15H,8H2,1-3H3,(H,18,20)(H,22,23)/t12-,13+,15-/m1/s1. The second-order valence-electron chi connectivity index (χ2n) is 6.81. The van der Waals surface area contributed by atoms with E-state index in [1.165, 1.54) is 16.7 Å². The van der Waals surface area contributed by atoms with Crippen LogP contribution in [-0.4, -0.2) is 50.0 Å². The predicted octanol–water partition coefficient (Wildman–Crippen LogP) is 1.17. The Balaban J connectivity index is 1.65. The molecule has 0 spiro atoms. The average Bonchev–Trinajstić information content (AvgIpc) is 2.76. The zero-order valence-corrected chi connectivity index (χ0v) is 14.6. The number of carboxylic acids is 1. The van der Waals surface area contributed by atoms with Crippen LogP contribution in [0, 0.1) is 6.92 Å². The first-order chi connectivity index (χ1) is 11.2. The third-order valence-corrected chi connectivity index (χ3v) is 6.05. The molecule has 0 saturated carbocycles. The number of amides is 2. The summed E-state index contributed by atoms with van der Waals surface area (Å²) in [5.41, 5.74) is 2.00. The van der Waals surface area contributed by atoms with E-state index in [1.54, 1.807) is 0 Å². The molecule has 0 radical (unpaired) electrons. The number of thioether (sulfide) groups is 1. The Morgan fingerprint density at radius 1 is 1.29 bits per heavy atom. The number of rotatable bonds is 4. The van der Waals surface area contributed by atoms with Crippen LogP contribution in [0.5, 0.6) is 0 Å². The molecule has 0 unspecified atom stereocenters. The van der Waals surface area contributed by atoms with Gasteiger partial charge in [-0.1, -0.05) is 29.8 Å². The molecule has 2 aliphatic heterocycles. The number of carbonyl (C=O) groups excluding carboxylic acids is 2. The van der Waals surface area contributed by atoms with Crippen molar-refractivity contribution in [1.29, 1.82) is 0 Å². The lowest BCUT2D eigenvalue weighted by molar-refractivity contribution is -0.161. The lowest BCUT2D eigenvalue weighted by Crippen LogP contribution is -2.70. The minimum atomic E-state index is -1.01. The van der Waals surface area contributed by atoms with E-state index in [4.69, 9.17) is 0 Å². The zero-order chi connectivity index (χ0) is 17.6. The molecule has 2 saturated heterocycles. The summed E-state index contributed by atoms with van der Waals surface area (Å²) in [6.07, 6.45) is 0.202. The topological polar surface area (TPSA) is 86.7 Å². The summed E-state index contributed by atoms with van der Waals surface area (Å²) in [6.45, 7) is 5.60. The highest BCUT2D eigenvalue weighted by atomic mass is 32.2. The third-order valence-electron chi connectivity index (χ3n) is 4.48. The number of carboxylic acid groups (broad SMARTS) is 1. The van der Waals surface area contributed by atoms with E-state index in [2.05, 4.69) is 5.32 Å². The van der Waals surface area contributed by atoms with Crippen molar-refractivity contribution in [1.82, 2.24) is 10.2 Å². The molecule has 6 nitrogen and oxygen atoms in total. The van der Waals surface area contributed by atoms with Gasteiger partial charge >= 0.3 is 5.97 Å². The van der Waals surface area contributed by atoms with Gasteiger partial charge in [0.2, 0.25) is 11.8 Å². The molecule has 1 aromatic carbocycles. The van der Waals surface area contributed by atoms with Crippen LogP contribution in [0.25, 0.3) is 0 Å². The molecule has 3 rings (SSSR count). The maximum absolute atomic E-state index is 12.3. The molecular formula is C17H20N2O4S. The van der Waals surface area contributed by atoms with Gasteiger partial charge in [0.1, 0.15) is 17.5 Å². The smallest absolute Gasteiger partial charge is 0.327 e. The van der Waals surface area contributed by atoms with Gasteiger partial charge in [-0.3, -0.25) is 9.59 Å². The van der Waals surface area contributed by atoms with Crippen LogP contribution in [0.3, 0.4) is 0 Å². The quantitative estimate of drug-likeness (QED) is 0.798. The van der Waals surface area contributed by atoms with Crippen LogP contribution in [0.2, 0.25) is 0 Å². The van der Waals surface area contributed by atoms with Gasteiger partial charge in [0.25, 0.3) is 0 Å². The predicted molar refractivity (Wildman–Crippen MR) is 90.5 cm³/mol. The molecular weight excluding hydrogens is 328 g/mol. The molecule has 128 valence electrons. The van der Waals surface area contributed by atoms with Crippen molar-refractivity contribution in [3.63, 3.8) is 0 Å². The molecule has 0 aliphatic carbocycles. The largest absolute Gasteiger partial charge is 0.480 e. The number of aliphatic carboxylic acids is 1. The molecule has 7 heteroatoms. The molecule has 0 aromatic heterocycles. The first kappa shape index (κ1) is 16.8. The summed E-state index contributed by atoms with van der Waals surface area (Å²) < 4.78 is -0.581. The van der Waals surface area contributed by atoms with Crippen LogP contribution in [0.1, 0.15) is 25.0 Å². The number of nitrogens with zero attached hydrogens (tertiary/aromatic N) is 1. The third kappa shape index (κ3) is 2.77. The van der Waals surface area contributed by atoms with Crippen molar-refractivity contribution >= 4 is 29.5 Å². The van der Waals surface area contributed by atoms with E-state index in [1.807, 2.05) is 45.0 Å². The van der Waals surface area contributed by atoms with Crippen LogP contribution >= 0.6 is 11.8 Å². The number of nitrogens with one attached hydrogen (secondary N) is 1. The fourth-order valence-electron chi connectivity index (χ4n) is 3.26. The maximum atomic E-state index is 12.3. The first-order valence-electron chi connectivity index (χ1n) is 7.78. The number of aryl methyl sites for hydroxylation is 1. The molecule has 2 fully saturated rings. The molecule has 2 amide bonds. The highest BCUT2D eigenvalue weighted by Crippen LogP contribution is 2.50. The van der Waals surface area contributed by atoms with Gasteiger partial charge < -0.3 is 15.3 Å². The summed E-state index contributed by atoms with van der Waals surface area (Å²) in [5, 5.41) is 11.8. The lowest BCUT2D eigenvalue weighted by Gasteiger charge is -2.43. The maximum Gasteiger partial charge on any atom is 0.327 e. The van der Waals surface area contributed by atoms with Gasteiger partial charge in [-0.05, 0) is 26.3 Å². The van der Waals surface area contributed by atoms with Crippen LogP contribution in [0.15, 0.2) is 24.3 Å². The number of hydrogen-bond donors (Lipinski definition) is 2. The Bertz CT molecular complexity index is 701. The van der Waals surface area contributed by atoms with Crippen LogP contribution in [0.4, 0.5) is 0 Å². The van der Waals surface area contributed by atoms with E-state index in [0.29, 0.717) is 0 Å². The number of fused-ring (bicyclic) bond motifs is 1. The summed E-state index contributed by atoms with van der Waals surface area (Å²) >= 11 is 1.43. The number of β-lactam (4-membered cyclic amide) rings is 1. The number of benzene rings is 1. The molecule has 2 heterocycles. The first-order valence-corrected chi connectivity index (χ1v) is 8.66. The highest BCUT2D eigenvalue weighted by molar-refractivity contribution is 8.01. The second kappa shape index (κ2) is 5.81. The Labute approximate surface area is 144 Å². The van der Waals surface area contributed by atoms with Crippen molar-refractivity contribution < 1.29 is 19.5 Å². The molecule has 1 aromatic rings. The minimum absolute atomic E-state index is 0.202. The van der Waals surface area contributed by atoms with Crippen LogP contribution < -0.4 is 5.32 Å². The van der Waals surface area contributed by atoms with Gasteiger partial charge in [0, 0.05) is 4.75 Å². The molecule has 0 bridgehead atoms. The highest BCUT2D eigenvalue weighted by Gasteiger charge is 2.64. The van der Waals surface area contributed by atoms with Gasteiger partial charge in [0.15, 0.2) is 0 Å². The van der Waals surface area contributed by atoms with Crippen molar-refractivity contribution in [3.05, 3.63) is 35.4 Å². The molecule has 2 aliphatic rings. The molecule has 3 atom stereocenters. The molecule has 24 heavy (non-hydrogen) atoms. The second-order valence-corrected chi connectivity index (χ2v) is 8.58. The van der Waals surface area contributed by atoms with E-state index in [0.717, 1.165) is 11.1 Å². The van der Waals surface area contributed by atoms with E-state index in [9.17, 15) is 19.5 Å². The Morgan fingerprint density at radius 3 is 2.50 bits per heavy atom. The normalized spacial score (nSPS) is 27.4. The fourth-order valence-corrected chi connectivity index (χ4v) is 4.89. The summed E-state index contributed by atoms with van der Waals surface area (Å²) in [7, 11) is 0. The zero-order valence-electron chi connectivity index (χ0n) is 13.8. The van der Waals surface area contributed by atoms with Crippen molar-refractivity contribution in [2.45, 2.75) is 49.4 Å². The summed E-state index contributed by atoms with van der Waals surface area (Å²) in [6, 6.07) is 6.15.